The molecule has 0 atom stereocenters. The molecule has 1 aliphatic heterocycles. The predicted molar refractivity (Wildman–Crippen MR) is 152 cm³/mol. The van der Waals surface area contributed by atoms with Gasteiger partial charge in [0.1, 0.15) is 5.75 Å². The Kier molecular flexibility index (Phi) is 9.46. The molecule has 2 aromatic rings. The minimum atomic E-state index is -3.27. The molecule has 0 bridgehead atoms. The van der Waals surface area contributed by atoms with Crippen LogP contribution in [0.1, 0.15) is 56.6 Å². The Morgan fingerprint density at radius 2 is 1.68 bits per heavy atom. The molecule has 3 N–H and O–H groups in total. The molecule has 1 saturated heterocycles. The molecule has 38 heavy (non-hydrogen) atoms. The number of hydrogen-bond acceptors (Lipinski definition) is 6. The monoisotopic (exact) mass is 542 g/mol. The van der Waals surface area contributed by atoms with Crippen molar-refractivity contribution < 1.29 is 17.9 Å². The van der Waals surface area contributed by atoms with Crippen molar-refractivity contribution in [2.24, 2.45) is 0 Å². The molecule has 2 fully saturated rings. The Labute approximate surface area is 227 Å². The van der Waals surface area contributed by atoms with Crippen molar-refractivity contribution in [1.29, 1.82) is 0 Å². The molecule has 1 aliphatic carbocycles. The van der Waals surface area contributed by atoms with Crippen LogP contribution in [0.4, 0.5) is 5.69 Å². The molecule has 2 aliphatic rings. The maximum atomic E-state index is 11.9. The summed E-state index contributed by atoms with van der Waals surface area (Å²) in [6, 6.07) is 17.1. The number of amides is 1. The topological polar surface area (TPSA) is 99.8 Å². The van der Waals surface area contributed by atoms with E-state index in [2.05, 4.69) is 44.5 Å². The second-order valence-corrected chi connectivity index (χ2v) is 12.8. The molecule has 2 aromatic carbocycles. The third-order valence-corrected chi connectivity index (χ3v) is 8.71. The molecule has 1 saturated carbocycles. The van der Waals surface area contributed by atoms with E-state index in [0.29, 0.717) is 18.6 Å². The van der Waals surface area contributed by atoms with Crippen LogP contribution in [0.2, 0.25) is 0 Å². The molecule has 0 aromatic heterocycles. The lowest BCUT2D eigenvalue weighted by atomic mass is 9.68. The van der Waals surface area contributed by atoms with E-state index in [1.165, 1.54) is 18.7 Å². The molecular formula is C29H42N4O4S. The van der Waals surface area contributed by atoms with Gasteiger partial charge in [-0.25, -0.2) is 13.1 Å². The number of carbonyl (C=O) groups is 1. The van der Waals surface area contributed by atoms with E-state index >= 15 is 0 Å². The number of nitrogens with zero attached hydrogens (tertiary/aromatic N) is 1. The van der Waals surface area contributed by atoms with Gasteiger partial charge in [0.05, 0.1) is 13.4 Å². The van der Waals surface area contributed by atoms with Crippen LogP contribution in [0.3, 0.4) is 0 Å². The normalized spacial score (nSPS) is 23.2. The first-order valence-electron chi connectivity index (χ1n) is 13.6. The van der Waals surface area contributed by atoms with Crippen LogP contribution in [0.25, 0.3) is 0 Å². The average molecular weight is 543 g/mol. The molecule has 0 radical (unpaired) electrons. The Bertz CT molecular complexity index is 1170. The molecule has 8 nitrogen and oxygen atoms in total. The third kappa shape index (κ3) is 8.02. The Balaban J connectivity index is 1.28. The fraction of sp³-hybridized carbons (Fsp3) is 0.552. The first-order chi connectivity index (χ1) is 18.1. The predicted octanol–water partition coefficient (Wildman–Crippen LogP) is 3.64. The third-order valence-electron chi connectivity index (χ3n) is 8.04. The first kappa shape index (κ1) is 28.5. The minimum absolute atomic E-state index is 0.0538. The highest BCUT2D eigenvalue weighted by Gasteiger charge is 2.38. The smallest absolute Gasteiger partial charge is 0.221 e. The highest BCUT2D eigenvalue weighted by atomic mass is 32.2. The van der Waals surface area contributed by atoms with Gasteiger partial charge in [-0.3, -0.25) is 9.69 Å². The standard InChI is InChI=1S/C29H42N4O4S/c1-22(34)31-25-9-7-23(8-10-25)20-33-17-13-27(14-18-33)32-26-11-15-29(16-12-26,21-30-38(3,35)36)24-5-4-6-28(19-24)37-2/h4-10,19,26-27,30,32H,11-18,20-21H2,1-3H3,(H,31,34). The number of benzene rings is 2. The fourth-order valence-electron chi connectivity index (χ4n) is 5.87. The molecule has 9 heteroatoms. The fourth-order valence-corrected chi connectivity index (χ4v) is 6.41. The summed E-state index contributed by atoms with van der Waals surface area (Å²) >= 11 is 0. The lowest BCUT2D eigenvalue weighted by Gasteiger charge is -2.43. The largest absolute Gasteiger partial charge is 0.497 e. The lowest BCUT2D eigenvalue weighted by Crippen LogP contribution is -2.50. The van der Waals surface area contributed by atoms with Crippen molar-refractivity contribution in [3.8, 4) is 5.75 Å². The molecule has 0 unspecified atom stereocenters. The second-order valence-electron chi connectivity index (χ2n) is 11.0. The number of anilines is 1. The van der Waals surface area contributed by atoms with Crippen molar-refractivity contribution in [2.45, 2.75) is 69.5 Å². The average Bonchev–Trinajstić information content (AvgIpc) is 2.90. The van der Waals surface area contributed by atoms with E-state index in [0.717, 1.165) is 75.2 Å². The number of sulfonamides is 1. The molecule has 1 heterocycles. The zero-order valence-corrected chi connectivity index (χ0v) is 23.6. The number of rotatable bonds is 10. The van der Waals surface area contributed by atoms with Crippen LogP contribution in [0.15, 0.2) is 48.5 Å². The zero-order valence-electron chi connectivity index (χ0n) is 22.8. The Morgan fingerprint density at radius 3 is 2.29 bits per heavy atom. The van der Waals surface area contributed by atoms with Crippen LogP contribution < -0.4 is 20.1 Å². The van der Waals surface area contributed by atoms with Crippen LogP contribution >= 0.6 is 0 Å². The molecule has 1 amide bonds. The molecule has 208 valence electrons. The summed E-state index contributed by atoms with van der Waals surface area (Å²) in [6.07, 6.45) is 7.36. The van der Waals surface area contributed by atoms with Crippen LogP contribution in [0.5, 0.6) is 5.75 Å². The SMILES string of the molecule is COc1cccc(C2(CNS(C)(=O)=O)CCC(NC3CCN(Cc4ccc(NC(C)=O)cc4)CC3)CC2)c1. The van der Waals surface area contributed by atoms with Gasteiger partial charge in [-0.05, 0) is 87.0 Å². The summed E-state index contributed by atoms with van der Waals surface area (Å²) in [5, 5.41) is 6.74. The number of ether oxygens (including phenoxy) is 1. The van der Waals surface area contributed by atoms with Crippen molar-refractivity contribution in [3.63, 3.8) is 0 Å². The van der Waals surface area contributed by atoms with Gasteiger partial charge in [-0.15, -0.1) is 0 Å². The number of likely N-dealkylation sites (tertiary alicyclic amines) is 1. The first-order valence-corrected chi connectivity index (χ1v) is 15.5. The van der Waals surface area contributed by atoms with Crippen LogP contribution in [-0.4, -0.2) is 64.3 Å². The van der Waals surface area contributed by atoms with Crippen LogP contribution in [0, 0.1) is 0 Å². The van der Waals surface area contributed by atoms with Crippen LogP contribution in [-0.2, 0) is 26.8 Å². The quantitative estimate of drug-likeness (QED) is 0.424. The summed E-state index contributed by atoms with van der Waals surface area (Å²) in [5.41, 5.74) is 3.01. The number of nitrogens with one attached hydrogen (secondary N) is 3. The summed E-state index contributed by atoms with van der Waals surface area (Å²) < 4.78 is 32.1. The number of methoxy groups -OCH3 is 1. The van der Waals surface area contributed by atoms with Gasteiger partial charge in [-0.1, -0.05) is 24.3 Å². The van der Waals surface area contributed by atoms with E-state index in [1.54, 1.807) is 7.11 Å². The van der Waals surface area contributed by atoms with E-state index in [9.17, 15) is 13.2 Å². The maximum Gasteiger partial charge on any atom is 0.221 e. The molecule has 0 spiro atoms. The van der Waals surface area contributed by atoms with E-state index < -0.39 is 10.0 Å². The Hall–Kier alpha value is -2.46. The number of piperidine rings is 1. The highest BCUT2D eigenvalue weighted by molar-refractivity contribution is 7.88. The summed E-state index contributed by atoms with van der Waals surface area (Å²) in [4.78, 5) is 13.7. The van der Waals surface area contributed by atoms with Gasteiger partial charge in [0, 0.05) is 43.2 Å². The minimum Gasteiger partial charge on any atom is -0.497 e. The molecule has 4 rings (SSSR count). The van der Waals surface area contributed by atoms with Gasteiger partial charge in [0.2, 0.25) is 15.9 Å². The van der Waals surface area contributed by atoms with Crippen molar-refractivity contribution in [3.05, 3.63) is 59.7 Å². The van der Waals surface area contributed by atoms with Gasteiger partial charge in [0.15, 0.2) is 0 Å². The molecular weight excluding hydrogens is 500 g/mol. The maximum absolute atomic E-state index is 11.9. The summed E-state index contributed by atoms with van der Waals surface area (Å²) in [6.45, 7) is 4.98. The van der Waals surface area contributed by atoms with Gasteiger partial charge in [0.25, 0.3) is 0 Å². The van der Waals surface area contributed by atoms with E-state index in [-0.39, 0.29) is 11.3 Å². The van der Waals surface area contributed by atoms with Gasteiger partial charge < -0.3 is 15.4 Å². The second kappa shape index (κ2) is 12.6. The van der Waals surface area contributed by atoms with E-state index in [4.69, 9.17) is 4.74 Å². The number of hydrogen-bond donors (Lipinski definition) is 3. The number of carbonyl (C=O) groups excluding carboxylic acids is 1. The van der Waals surface area contributed by atoms with Crippen molar-refractivity contribution in [1.82, 2.24) is 14.9 Å². The lowest BCUT2D eigenvalue weighted by molar-refractivity contribution is -0.114. The summed E-state index contributed by atoms with van der Waals surface area (Å²) in [7, 11) is -1.61. The summed E-state index contributed by atoms with van der Waals surface area (Å²) in [5.74, 6) is 0.749. The van der Waals surface area contributed by atoms with Gasteiger partial charge in [-0.2, -0.15) is 0 Å². The zero-order chi connectivity index (χ0) is 27.2. The van der Waals surface area contributed by atoms with Gasteiger partial charge >= 0.3 is 0 Å². The van der Waals surface area contributed by atoms with E-state index in [1.807, 2.05) is 24.3 Å². The van der Waals surface area contributed by atoms with Crippen molar-refractivity contribution in [2.75, 3.05) is 38.3 Å². The Morgan fingerprint density at radius 1 is 1.03 bits per heavy atom. The van der Waals surface area contributed by atoms with Crippen molar-refractivity contribution >= 4 is 21.6 Å². The highest BCUT2D eigenvalue weighted by Crippen LogP contribution is 2.40.